The van der Waals surface area contributed by atoms with E-state index in [1.54, 1.807) is 0 Å². The van der Waals surface area contributed by atoms with Crippen LogP contribution >= 0.6 is 0 Å². The van der Waals surface area contributed by atoms with Gasteiger partial charge in [0, 0.05) is 19.8 Å². The van der Waals surface area contributed by atoms with Gasteiger partial charge in [-0.05, 0) is 19.4 Å². The van der Waals surface area contributed by atoms with E-state index in [1.165, 1.54) is 0 Å². The molecule has 3 N–H and O–H groups in total. The summed E-state index contributed by atoms with van der Waals surface area (Å²) in [5, 5.41) is 7.80. The average Bonchev–Trinajstić information content (AvgIpc) is 2.08. The van der Waals surface area contributed by atoms with Gasteiger partial charge in [-0.2, -0.15) is 0 Å². The lowest BCUT2D eigenvalue weighted by Gasteiger charge is -2.04. The first-order chi connectivity index (χ1) is 6.56. The molecule has 5 nitrogen and oxygen atoms in total. The van der Waals surface area contributed by atoms with Gasteiger partial charge >= 0.3 is 0 Å². The first kappa shape index (κ1) is 13.8. The molecule has 6 heteroatoms. The van der Waals surface area contributed by atoms with E-state index in [-0.39, 0.29) is 5.75 Å². The molecule has 0 radical (unpaired) electrons. The van der Waals surface area contributed by atoms with Gasteiger partial charge in [-0.3, -0.25) is 0 Å². The van der Waals surface area contributed by atoms with Crippen molar-refractivity contribution >= 4 is 10.0 Å². The topological polar surface area (TPSA) is 81.4 Å². The largest absolute Gasteiger partial charge is 0.381 e. The van der Waals surface area contributed by atoms with Crippen molar-refractivity contribution in [3.63, 3.8) is 0 Å². The van der Waals surface area contributed by atoms with Crippen molar-refractivity contribution in [1.29, 1.82) is 0 Å². The van der Waals surface area contributed by atoms with Crippen molar-refractivity contribution in [3.05, 3.63) is 0 Å². The van der Waals surface area contributed by atoms with Crippen LogP contribution < -0.4 is 10.5 Å². The molecule has 0 aliphatic heterocycles. The summed E-state index contributed by atoms with van der Waals surface area (Å²) in [4.78, 5) is 0. The summed E-state index contributed by atoms with van der Waals surface area (Å²) in [6.07, 6.45) is 1.92. The molecule has 0 rings (SSSR count). The number of nitrogens with one attached hydrogen (secondary N) is 1. The summed E-state index contributed by atoms with van der Waals surface area (Å²) in [7, 11) is -3.32. The quantitative estimate of drug-likeness (QED) is 0.526. The van der Waals surface area contributed by atoms with Crippen molar-refractivity contribution in [2.75, 3.05) is 32.1 Å². The molecular formula is C8H20N2O3S. The molecule has 0 aromatic rings. The number of rotatable bonds is 9. The van der Waals surface area contributed by atoms with Crippen LogP contribution in [-0.4, -0.2) is 40.5 Å². The van der Waals surface area contributed by atoms with Gasteiger partial charge in [-0.25, -0.2) is 13.6 Å². The number of hydrogen-bond acceptors (Lipinski definition) is 4. The van der Waals surface area contributed by atoms with E-state index in [0.29, 0.717) is 6.54 Å². The van der Waals surface area contributed by atoms with Crippen molar-refractivity contribution in [2.45, 2.75) is 19.8 Å². The summed E-state index contributed by atoms with van der Waals surface area (Å²) in [5.41, 5.74) is 0. The third kappa shape index (κ3) is 11.8. The molecular weight excluding hydrogens is 204 g/mol. The Kier molecular flexibility index (Phi) is 8.07. The fourth-order valence-electron chi connectivity index (χ4n) is 0.885. The van der Waals surface area contributed by atoms with Crippen molar-refractivity contribution in [1.82, 2.24) is 5.32 Å². The number of sulfonamides is 1. The zero-order valence-corrected chi connectivity index (χ0v) is 9.48. The number of primary sulfonamides is 1. The highest BCUT2D eigenvalue weighted by Crippen LogP contribution is 1.84. The summed E-state index contributed by atoms with van der Waals surface area (Å²) in [6, 6.07) is 0. The Labute approximate surface area is 86.1 Å². The third-order valence-electron chi connectivity index (χ3n) is 1.55. The molecule has 0 spiro atoms. The van der Waals surface area contributed by atoms with Crippen LogP contribution in [0.5, 0.6) is 0 Å². The predicted octanol–water partition coefficient (Wildman–Crippen LogP) is -0.319. The maximum Gasteiger partial charge on any atom is 0.210 e. The molecule has 0 amide bonds. The van der Waals surface area contributed by atoms with Crippen LogP contribution in [0.4, 0.5) is 0 Å². The third-order valence-corrected chi connectivity index (χ3v) is 2.33. The van der Waals surface area contributed by atoms with Gasteiger partial charge in [0.25, 0.3) is 0 Å². The van der Waals surface area contributed by atoms with Crippen molar-refractivity contribution in [3.8, 4) is 0 Å². The molecule has 0 bridgehead atoms. The predicted molar refractivity (Wildman–Crippen MR) is 56.6 cm³/mol. The van der Waals surface area contributed by atoms with Crippen LogP contribution in [0.25, 0.3) is 0 Å². The van der Waals surface area contributed by atoms with E-state index in [9.17, 15) is 8.42 Å². The second-order valence-electron chi connectivity index (χ2n) is 3.08. The molecule has 0 saturated heterocycles. The summed E-state index contributed by atoms with van der Waals surface area (Å²) < 4.78 is 26.3. The first-order valence-electron chi connectivity index (χ1n) is 4.85. The summed E-state index contributed by atoms with van der Waals surface area (Å²) >= 11 is 0. The Bertz CT molecular complexity index is 217. The van der Waals surface area contributed by atoms with Crippen LogP contribution in [0, 0.1) is 0 Å². The molecule has 0 aliphatic carbocycles. The molecule has 0 atom stereocenters. The molecule has 0 heterocycles. The van der Waals surface area contributed by atoms with Crippen LogP contribution in [0.15, 0.2) is 0 Å². The maximum atomic E-state index is 10.5. The highest BCUT2D eigenvalue weighted by molar-refractivity contribution is 7.89. The smallest absolute Gasteiger partial charge is 0.210 e. The minimum absolute atomic E-state index is 0.0111. The van der Waals surface area contributed by atoms with Crippen LogP contribution in [0.2, 0.25) is 0 Å². The Balaban J connectivity index is 3.07. The van der Waals surface area contributed by atoms with Gasteiger partial charge in [0.2, 0.25) is 10.0 Å². The minimum atomic E-state index is -3.32. The standard InChI is InChI=1S/C8H20N2O3S/c1-2-6-13-7-3-4-10-5-8-14(9,11)12/h10H,2-8H2,1H3,(H2,9,11,12). The monoisotopic (exact) mass is 224 g/mol. The first-order valence-corrected chi connectivity index (χ1v) is 6.56. The summed E-state index contributed by atoms with van der Waals surface area (Å²) in [5.74, 6) is -0.0111. The lowest BCUT2D eigenvalue weighted by molar-refractivity contribution is 0.132. The van der Waals surface area contributed by atoms with Crippen LogP contribution in [-0.2, 0) is 14.8 Å². The van der Waals surface area contributed by atoms with Gasteiger partial charge in [0.1, 0.15) is 0 Å². The van der Waals surface area contributed by atoms with E-state index < -0.39 is 10.0 Å². The van der Waals surface area contributed by atoms with E-state index >= 15 is 0 Å². The van der Waals surface area contributed by atoms with E-state index in [2.05, 4.69) is 12.2 Å². The zero-order chi connectivity index (χ0) is 10.9. The van der Waals surface area contributed by atoms with E-state index in [0.717, 1.165) is 32.6 Å². The lowest BCUT2D eigenvalue weighted by atomic mass is 10.4. The Morgan fingerprint density at radius 1 is 1.29 bits per heavy atom. The zero-order valence-electron chi connectivity index (χ0n) is 8.66. The van der Waals surface area contributed by atoms with Crippen LogP contribution in [0.3, 0.4) is 0 Å². The Morgan fingerprint density at radius 2 is 2.00 bits per heavy atom. The highest BCUT2D eigenvalue weighted by atomic mass is 32.2. The lowest BCUT2D eigenvalue weighted by Crippen LogP contribution is -2.28. The van der Waals surface area contributed by atoms with Gasteiger partial charge in [-0.15, -0.1) is 0 Å². The Morgan fingerprint density at radius 3 is 2.57 bits per heavy atom. The molecule has 0 aromatic heterocycles. The van der Waals surface area contributed by atoms with Crippen molar-refractivity contribution < 1.29 is 13.2 Å². The van der Waals surface area contributed by atoms with E-state index in [1.807, 2.05) is 0 Å². The SMILES string of the molecule is CCCOCCCNCCS(N)(=O)=O. The fraction of sp³-hybridized carbons (Fsp3) is 1.00. The number of ether oxygens (including phenoxy) is 1. The van der Waals surface area contributed by atoms with E-state index in [4.69, 9.17) is 9.88 Å². The molecule has 0 fully saturated rings. The number of nitrogens with two attached hydrogens (primary N) is 1. The normalized spacial score (nSPS) is 11.9. The highest BCUT2D eigenvalue weighted by Gasteiger charge is 2.00. The molecule has 0 unspecified atom stereocenters. The molecule has 0 aliphatic rings. The second kappa shape index (κ2) is 8.16. The minimum Gasteiger partial charge on any atom is -0.381 e. The second-order valence-corrected chi connectivity index (χ2v) is 4.82. The van der Waals surface area contributed by atoms with Gasteiger partial charge in [0.05, 0.1) is 5.75 Å². The van der Waals surface area contributed by atoms with Gasteiger partial charge < -0.3 is 10.1 Å². The molecule has 0 aromatic carbocycles. The van der Waals surface area contributed by atoms with Crippen molar-refractivity contribution in [2.24, 2.45) is 5.14 Å². The molecule has 86 valence electrons. The summed E-state index contributed by atoms with van der Waals surface area (Å²) in [6.45, 7) is 4.74. The fourth-order valence-corrected chi connectivity index (χ4v) is 1.31. The van der Waals surface area contributed by atoms with Crippen LogP contribution in [0.1, 0.15) is 19.8 Å². The van der Waals surface area contributed by atoms with Gasteiger partial charge in [0.15, 0.2) is 0 Å². The number of hydrogen-bond donors (Lipinski definition) is 2. The maximum absolute atomic E-state index is 10.5. The molecule has 14 heavy (non-hydrogen) atoms. The van der Waals surface area contributed by atoms with Gasteiger partial charge in [-0.1, -0.05) is 6.92 Å². The average molecular weight is 224 g/mol. The Hall–Kier alpha value is -0.170. The molecule has 0 saturated carbocycles.